The molecule has 1 saturated heterocycles. The first-order valence-corrected chi connectivity index (χ1v) is 11.0. The quantitative estimate of drug-likeness (QED) is 0.370. The Kier molecular flexibility index (Phi) is 6.14. The van der Waals surface area contributed by atoms with Gasteiger partial charge in [0.15, 0.2) is 11.4 Å². The number of aromatic amines is 1. The molecule has 11 nitrogen and oxygen atoms in total. The molecule has 13 heteroatoms. The number of fused-ring (bicyclic) bond motifs is 1. The first kappa shape index (κ1) is 22.9. The summed E-state index contributed by atoms with van der Waals surface area (Å²) in [6.07, 6.45) is -1.67. The Morgan fingerprint density at radius 3 is 2.94 bits per heavy atom. The second-order valence-electron chi connectivity index (χ2n) is 7.95. The minimum absolute atomic E-state index is 0.0139. The molecule has 3 N–H and O–H groups in total. The van der Waals surface area contributed by atoms with Gasteiger partial charge in [-0.2, -0.15) is 4.98 Å². The topological polar surface area (TPSA) is 147 Å². The van der Waals surface area contributed by atoms with Crippen molar-refractivity contribution in [2.24, 2.45) is 5.92 Å². The zero-order chi connectivity index (χ0) is 24.5. The van der Waals surface area contributed by atoms with Crippen molar-refractivity contribution in [1.82, 2.24) is 20.0 Å². The van der Waals surface area contributed by atoms with Crippen molar-refractivity contribution in [3.05, 3.63) is 63.4 Å². The molecule has 1 fully saturated rings. The summed E-state index contributed by atoms with van der Waals surface area (Å²) < 4.78 is 30.5. The van der Waals surface area contributed by atoms with Gasteiger partial charge in [0.1, 0.15) is 11.3 Å². The predicted molar refractivity (Wildman–Crippen MR) is 122 cm³/mol. The number of H-pyrrole nitrogens is 1. The van der Waals surface area contributed by atoms with Crippen LogP contribution in [0.5, 0.6) is 0 Å². The van der Waals surface area contributed by atoms with Crippen molar-refractivity contribution >= 4 is 34.8 Å². The van der Waals surface area contributed by atoms with Crippen LogP contribution in [-0.2, 0) is 4.74 Å². The van der Waals surface area contributed by atoms with E-state index < -0.39 is 29.7 Å². The maximum absolute atomic E-state index is 14.1. The zero-order valence-electron chi connectivity index (χ0n) is 18.0. The molecule has 4 aromatic rings. The third-order valence-corrected chi connectivity index (χ3v) is 6.02. The highest BCUT2D eigenvalue weighted by Crippen LogP contribution is 2.33. The number of ether oxygens (including phenoxy) is 1. The van der Waals surface area contributed by atoms with Gasteiger partial charge in [0.2, 0.25) is 0 Å². The number of benzene rings is 2. The van der Waals surface area contributed by atoms with Crippen LogP contribution in [0.15, 0.2) is 50.1 Å². The van der Waals surface area contributed by atoms with E-state index in [1.165, 1.54) is 17.0 Å². The Morgan fingerprint density at radius 1 is 1.34 bits per heavy atom. The average molecular weight is 504 g/mol. The summed E-state index contributed by atoms with van der Waals surface area (Å²) in [5.41, 5.74) is 1.94. The van der Waals surface area contributed by atoms with E-state index in [1.54, 1.807) is 24.3 Å². The van der Waals surface area contributed by atoms with Gasteiger partial charge in [0, 0.05) is 25.6 Å². The standard InChI is InChI=1S/C22H19ClFN5O6/c23-14-5-4-11(8-15(14)24)18-12(10-29(22(31)32)6-7-33-18)9-25-20-26-17-13(2-1-3-16(17)34-20)19-27-21(30)35-28-19/h1-5,8,12,18H,6-7,9-10H2,(H,25,26)(H,31,32)(H,27,28,30)/t12-,18+/m1/s1. The smallest absolute Gasteiger partial charge is 0.439 e. The molecule has 1 amide bonds. The number of oxazole rings is 1. The van der Waals surface area contributed by atoms with Gasteiger partial charge < -0.3 is 24.5 Å². The maximum atomic E-state index is 14.1. The molecule has 0 aliphatic carbocycles. The Balaban J connectivity index is 1.42. The van der Waals surface area contributed by atoms with Gasteiger partial charge >= 0.3 is 11.8 Å². The van der Waals surface area contributed by atoms with Gasteiger partial charge in [-0.05, 0) is 29.8 Å². The third kappa shape index (κ3) is 4.70. The molecule has 0 spiro atoms. The Hall–Kier alpha value is -3.90. The normalized spacial score (nSPS) is 18.5. The second-order valence-corrected chi connectivity index (χ2v) is 8.36. The molecule has 2 aromatic carbocycles. The van der Waals surface area contributed by atoms with Crippen LogP contribution >= 0.6 is 11.6 Å². The number of hydrogen-bond acceptors (Lipinski definition) is 8. The molecule has 0 radical (unpaired) electrons. The molecule has 0 bridgehead atoms. The lowest BCUT2D eigenvalue weighted by atomic mass is 9.95. The van der Waals surface area contributed by atoms with Crippen LogP contribution < -0.4 is 11.1 Å². The largest absolute Gasteiger partial charge is 0.465 e. The number of halogens is 2. The summed E-state index contributed by atoms with van der Waals surface area (Å²) in [7, 11) is 0. The molecular weight excluding hydrogens is 485 g/mol. The molecule has 0 unspecified atom stereocenters. The maximum Gasteiger partial charge on any atom is 0.439 e. The average Bonchev–Trinajstić information content (AvgIpc) is 3.39. The number of anilines is 1. The van der Waals surface area contributed by atoms with Gasteiger partial charge in [-0.3, -0.25) is 9.51 Å². The van der Waals surface area contributed by atoms with Crippen LogP contribution in [0.25, 0.3) is 22.5 Å². The molecule has 1 aliphatic heterocycles. The van der Waals surface area contributed by atoms with Crippen LogP contribution in [0.2, 0.25) is 5.02 Å². The van der Waals surface area contributed by atoms with Crippen LogP contribution in [0, 0.1) is 11.7 Å². The Labute approximate surface area is 201 Å². The fraction of sp³-hybridized carbons (Fsp3) is 0.273. The molecule has 0 saturated carbocycles. The van der Waals surface area contributed by atoms with Crippen molar-refractivity contribution in [1.29, 1.82) is 0 Å². The highest BCUT2D eigenvalue weighted by atomic mass is 35.5. The number of para-hydroxylation sites is 1. The third-order valence-electron chi connectivity index (χ3n) is 5.71. The molecule has 5 rings (SSSR count). The molecule has 3 heterocycles. The Bertz CT molecular complexity index is 1440. The zero-order valence-corrected chi connectivity index (χ0v) is 18.8. The van der Waals surface area contributed by atoms with Crippen LogP contribution in [-0.4, -0.2) is 57.5 Å². The van der Waals surface area contributed by atoms with E-state index >= 15 is 0 Å². The van der Waals surface area contributed by atoms with Gasteiger partial charge in [0.25, 0.3) is 6.01 Å². The molecule has 2 aromatic heterocycles. The number of rotatable bonds is 5. The lowest BCUT2D eigenvalue weighted by molar-refractivity contribution is 0.0339. The first-order valence-electron chi connectivity index (χ1n) is 10.6. The van der Waals surface area contributed by atoms with E-state index in [0.29, 0.717) is 22.2 Å². The highest BCUT2D eigenvalue weighted by molar-refractivity contribution is 6.30. The minimum Gasteiger partial charge on any atom is -0.465 e. The van der Waals surface area contributed by atoms with Gasteiger partial charge in [-0.1, -0.05) is 28.9 Å². The molecular formula is C22H19ClFN5O6. The van der Waals surface area contributed by atoms with Crippen molar-refractivity contribution in [3.8, 4) is 11.4 Å². The van der Waals surface area contributed by atoms with Crippen molar-refractivity contribution in [2.75, 3.05) is 31.6 Å². The SMILES string of the molecule is O=C(O)N1CCO[C@@H](c2ccc(Cl)c(F)c2)[C@H](CNc2nc3c(-c4noc(=O)[nH]4)cccc3o2)C1. The van der Waals surface area contributed by atoms with E-state index in [1.807, 2.05) is 0 Å². The van der Waals surface area contributed by atoms with Gasteiger partial charge in [0.05, 0.1) is 23.3 Å². The lowest BCUT2D eigenvalue weighted by Gasteiger charge is -2.27. The first-order chi connectivity index (χ1) is 16.9. The van der Waals surface area contributed by atoms with Crippen molar-refractivity contribution in [2.45, 2.75) is 6.10 Å². The second kappa shape index (κ2) is 9.39. The fourth-order valence-electron chi connectivity index (χ4n) is 4.08. The van der Waals surface area contributed by atoms with E-state index in [0.717, 1.165) is 0 Å². The Morgan fingerprint density at radius 2 is 2.20 bits per heavy atom. The van der Waals surface area contributed by atoms with E-state index in [2.05, 4.69) is 25.0 Å². The number of nitrogens with one attached hydrogen (secondary N) is 2. The number of amides is 1. The summed E-state index contributed by atoms with van der Waals surface area (Å²) in [5.74, 6) is -1.48. The van der Waals surface area contributed by atoms with E-state index in [4.69, 9.17) is 20.8 Å². The predicted octanol–water partition coefficient (Wildman–Crippen LogP) is 3.74. The summed E-state index contributed by atoms with van der Waals surface area (Å²) >= 11 is 5.83. The number of nitrogens with zero attached hydrogens (tertiary/aromatic N) is 3. The van der Waals surface area contributed by atoms with E-state index in [9.17, 15) is 19.1 Å². The van der Waals surface area contributed by atoms with Crippen molar-refractivity contribution < 1.29 is 28.0 Å². The summed E-state index contributed by atoms with van der Waals surface area (Å²) in [6, 6.07) is 9.69. The monoisotopic (exact) mass is 503 g/mol. The van der Waals surface area contributed by atoms with Crippen molar-refractivity contribution in [3.63, 3.8) is 0 Å². The molecule has 182 valence electrons. The molecule has 35 heavy (non-hydrogen) atoms. The lowest BCUT2D eigenvalue weighted by Crippen LogP contribution is -2.37. The van der Waals surface area contributed by atoms with Crippen LogP contribution in [0.3, 0.4) is 0 Å². The molecule has 1 aliphatic rings. The summed E-state index contributed by atoms with van der Waals surface area (Å²) in [6.45, 7) is 0.685. The van der Waals surface area contributed by atoms with Gasteiger partial charge in [-0.25, -0.2) is 14.0 Å². The minimum atomic E-state index is -1.07. The summed E-state index contributed by atoms with van der Waals surface area (Å²) in [4.78, 5) is 31.2. The van der Waals surface area contributed by atoms with Crippen LogP contribution in [0.4, 0.5) is 15.2 Å². The number of carbonyl (C=O) groups is 1. The highest BCUT2D eigenvalue weighted by Gasteiger charge is 2.32. The van der Waals surface area contributed by atoms with E-state index in [-0.39, 0.29) is 43.1 Å². The molecule has 2 atom stereocenters. The summed E-state index contributed by atoms with van der Waals surface area (Å²) in [5, 5.41) is 16.3. The number of hydrogen-bond donors (Lipinski definition) is 3. The number of aromatic nitrogens is 3. The van der Waals surface area contributed by atoms with Crippen LogP contribution in [0.1, 0.15) is 11.7 Å². The van der Waals surface area contributed by atoms with Gasteiger partial charge in [-0.15, -0.1) is 0 Å². The number of carboxylic acid groups (broad SMARTS) is 1. The fourth-order valence-corrected chi connectivity index (χ4v) is 4.20.